The fraction of sp³-hybridized carbons (Fsp3) is 0.222. The van der Waals surface area contributed by atoms with Gasteiger partial charge < -0.3 is 10.1 Å². The van der Waals surface area contributed by atoms with E-state index in [0.29, 0.717) is 18.0 Å². The lowest BCUT2D eigenvalue weighted by Crippen LogP contribution is -2.31. The standard InChI is InChI=1S/C18H20N4O5S/c1-3-27-15-8-4-13(5-9-15)20-18(24)17(12(2)23)22-21-14-6-10-16(11-7-14)28(19,25)26/h4-11,17H,3H2,1-2H3,(H,20,24)(H2,19,25,26). The van der Waals surface area contributed by atoms with E-state index in [2.05, 4.69) is 15.5 Å². The molecule has 1 unspecified atom stereocenters. The predicted octanol–water partition coefficient (Wildman–Crippen LogP) is 2.41. The second kappa shape index (κ2) is 9.20. The minimum Gasteiger partial charge on any atom is -0.494 e. The first-order valence-electron chi connectivity index (χ1n) is 8.28. The first-order chi connectivity index (χ1) is 13.2. The van der Waals surface area contributed by atoms with Crippen molar-refractivity contribution in [2.75, 3.05) is 11.9 Å². The molecule has 0 fully saturated rings. The van der Waals surface area contributed by atoms with Crippen LogP contribution in [-0.4, -0.2) is 32.8 Å². The lowest BCUT2D eigenvalue weighted by molar-refractivity contribution is -0.126. The highest BCUT2D eigenvalue weighted by atomic mass is 32.2. The molecule has 0 radical (unpaired) electrons. The lowest BCUT2D eigenvalue weighted by atomic mass is 10.2. The van der Waals surface area contributed by atoms with Gasteiger partial charge in [0.25, 0.3) is 5.91 Å². The number of primary sulfonamides is 1. The average molecular weight is 404 g/mol. The summed E-state index contributed by atoms with van der Waals surface area (Å²) in [5.74, 6) is -0.471. The zero-order valence-electron chi connectivity index (χ0n) is 15.3. The van der Waals surface area contributed by atoms with Crippen molar-refractivity contribution in [3.63, 3.8) is 0 Å². The molecule has 28 heavy (non-hydrogen) atoms. The fourth-order valence-corrected chi connectivity index (χ4v) is 2.67. The third-order valence-corrected chi connectivity index (χ3v) is 4.45. The SMILES string of the molecule is CCOc1ccc(NC(=O)C(N=Nc2ccc(S(N)(=O)=O)cc2)C(C)=O)cc1. The van der Waals surface area contributed by atoms with Gasteiger partial charge in [0.1, 0.15) is 5.75 Å². The molecule has 2 rings (SSSR count). The van der Waals surface area contributed by atoms with Gasteiger partial charge in [-0.2, -0.15) is 10.2 Å². The molecule has 1 amide bonds. The maximum Gasteiger partial charge on any atom is 0.258 e. The van der Waals surface area contributed by atoms with Crippen molar-refractivity contribution in [3.8, 4) is 5.75 Å². The smallest absolute Gasteiger partial charge is 0.258 e. The van der Waals surface area contributed by atoms with E-state index < -0.39 is 27.8 Å². The van der Waals surface area contributed by atoms with E-state index in [9.17, 15) is 18.0 Å². The van der Waals surface area contributed by atoms with Crippen molar-refractivity contribution >= 4 is 33.1 Å². The van der Waals surface area contributed by atoms with Gasteiger partial charge in [-0.25, -0.2) is 13.6 Å². The molecule has 0 aromatic heterocycles. The van der Waals surface area contributed by atoms with Crippen molar-refractivity contribution in [3.05, 3.63) is 48.5 Å². The number of rotatable bonds is 8. The average Bonchev–Trinajstić information content (AvgIpc) is 2.63. The highest BCUT2D eigenvalue weighted by Crippen LogP contribution is 2.18. The van der Waals surface area contributed by atoms with E-state index in [4.69, 9.17) is 9.88 Å². The first kappa shape index (κ1) is 21.2. The molecule has 148 valence electrons. The van der Waals surface area contributed by atoms with Gasteiger partial charge in [0.2, 0.25) is 16.1 Å². The van der Waals surface area contributed by atoms with Crippen molar-refractivity contribution in [2.24, 2.45) is 15.4 Å². The van der Waals surface area contributed by atoms with Gasteiger partial charge in [0, 0.05) is 5.69 Å². The van der Waals surface area contributed by atoms with Crippen molar-refractivity contribution in [1.29, 1.82) is 0 Å². The Hall–Kier alpha value is -3.11. The molecule has 9 nitrogen and oxygen atoms in total. The summed E-state index contributed by atoms with van der Waals surface area (Å²) in [5, 5.41) is 15.2. The van der Waals surface area contributed by atoms with Gasteiger partial charge in [0.05, 0.1) is 17.2 Å². The topological polar surface area (TPSA) is 140 Å². The number of nitrogens with zero attached hydrogens (tertiary/aromatic N) is 2. The van der Waals surface area contributed by atoms with Crippen molar-refractivity contribution < 1.29 is 22.7 Å². The van der Waals surface area contributed by atoms with E-state index in [0.717, 1.165) is 0 Å². The summed E-state index contributed by atoms with van der Waals surface area (Å²) in [6, 6.07) is 10.6. The molecule has 0 aliphatic carbocycles. The monoisotopic (exact) mass is 404 g/mol. The normalized spacial score (nSPS) is 12.5. The maximum atomic E-state index is 12.4. The van der Waals surface area contributed by atoms with Crippen LogP contribution in [0.4, 0.5) is 11.4 Å². The van der Waals surface area contributed by atoms with Crippen molar-refractivity contribution in [2.45, 2.75) is 24.8 Å². The van der Waals surface area contributed by atoms with Crippen LogP contribution in [-0.2, 0) is 19.6 Å². The quantitative estimate of drug-likeness (QED) is 0.513. The maximum absolute atomic E-state index is 12.4. The number of sulfonamides is 1. The fourth-order valence-electron chi connectivity index (χ4n) is 2.16. The third-order valence-electron chi connectivity index (χ3n) is 3.52. The number of ether oxygens (including phenoxy) is 1. The summed E-state index contributed by atoms with van der Waals surface area (Å²) in [6.07, 6.45) is 0. The van der Waals surface area contributed by atoms with Gasteiger partial charge in [-0.3, -0.25) is 9.59 Å². The minimum atomic E-state index is -3.82. The number of hydrogen-bond acceptors (Lipinski definition) is 7. The predicted molar refractivity (Wildman–Crippen MR) is 103 cm³/mol. The summed E-state index contributed by atoms with van der Waals surface area (Å²) in [7, 11) is -3.82. The first-order valence-corrected chi connectivity index (χ1v) is 9.83. The largest absolute Gasteiger partial charge is 0.494 e. The molecule has 0 saturated heterocycles. The summed E-state index contributed by atoms with van der Waals surface area (Å²) in [6.45, 7) is 3.61. The van der Waals surface area contributed by atoms with Gasteiger partial charge in [0.15, 0.2) is 5.78 Å². The molecular formula is C18H20N4O5S. The van der Waals surface area contributed by atoms with Crippen LogP contribution in [0.1, 0.15) is 13.8 Å². The van der Waals surface area contributed by atoms with Crippen LogP contribution in [0.5, 0.6) is 5.75 Å². The van der Waals surface area contributed by atoms with Gasteiger partial charge >= 0.3 is 0 Å². The Kier molecular flexibility index (Phi) is 6.96. The van der Waals surface area contributed by atoms with Gasteiger partial charge in [-0.15, -0.1) is 0 Å². The molecular weight excluding hydrogens is 384 g/mol. The van der Waals surface area contributed by atoms with Gasteiger partial charge in [-0.1, -0.05) is 0 Å². The Morgan fingerprint density at radius 3 is 2.21 bits per heavy atom. The van der Waals surface area contributed by atoms with Crippen LogP contribution in [0, 0.1) is 0 Å². The van der Waals surface area contributed by atoms with Crippen LogP contribution in [0.25, 0.3) is 0 Å². The molecule has 0 aliphatic heterocycles. The van der Waals surface area contributed by atoms with Crippen LogP contribution in [0.3, 0.4) is 0 Å². The molecule has 1 atom stereocenters. The van der Waals surface area contributed by atoms with E-state index >= 15 is 0 Å². The summed E-state index contributed by atoms with van der Waals surface area (Å²) in [5.41, 5.74) is 0.750. The zero-order chi connectivity index (χ0) is 20.7. The minimum absolute atomic E-state index is 0.0807. The summed E-state index contributed by atoms with van der Waals surface area (Å²) >= 11 is 0. The van der Waals surface area contributed by atoms with E-state index in [1.807, 2.05) is 6.92 Å². The number of ketones is 1. The number of hydrogen-bond donors (Lipinski definition) is 2. The number of nitrogens with two attached hydrogens (primary N) is 1. The Balaban J connectivity index is 2.10. The number of carbonyl (C=O) groups excluding carboxylic acids is 2. The van der Waals surface area contributed by atoms with Crippen LogP contribution >= 0.6 is 0 Å². The highest BCUT2D eigenvalue weighted by Gasteiger charge is 2.23. The van der Waals surface area contributed by atoms with E-state index in [1.165, 1.54) is 31.2 Å². The molecule has 0 saturated carbocycles. The lowest BCUT2D eigenvalue weighted by Gasteiger charge is -2.10. The summed E-state index contributed by atoms with van der Waals surface area (Å²) in [4.78, 5) is 24.1. The third kappa shape index (κ3) is 5.96. The Labute approximate surface area is 162 Å². The number of Topliss-reactive ketones (excluding diaryl/α,β-unsaturated/α-hetero) is 1. The molecule has 0 spiro atoms. The van der Waals surface area contributed by atoms with Crippen LogP contribution in [0.15, 0.2) is 63.7 Å². The molecule has 0 heterocycles. The molecule has 0 aliphatic rings. The molecule has 2 aromatic carbocycles. The Bertz CT molecular complexity index is 970. The van der Waals surface area contributed by atoms with E-state index in [-0.39, 0.29) is 10.6 Å². The Morgan fingerprint density at radius 2 is 1.71 bits per heavy atom. The highest BCUT2D eigenvalue weighted by molar-refractivity contribution is 7.89. The number of azo groups is 1. The summed E-state index contributed by atoms with van der Waals surface area (Å²) < 4.78 is 27.8. The number of anilines is 1. The second-order valence-electron chi connectivity index (χ2n) is 5.71. The molecule has 2 aromatic rings. The van der Waals surface area contributed by atoms with E-state index in [1.54, 1.807) is 24.3 Å². The zero-order valence-corrected chi connectivity index (χ0v) is 16.1. The number of nitrogens with one attached hydrogen (secondary N) is 1. The molecule has 0 bridgehead atoms. The van der Waals surface area contributed by atoms with Crippen LogP contribution in [0.2, 0.25) is 0 Å². The molecule has 10 heteroatoms. The Morgan fingerprint density at radius 1 is 1.11 bits per heavy atom. The van der Waals surface area contributed by atoms with Crippen LogP contribution < -0.4 is 15.2 Å². The second-order valence-corrected chi connectivity index (χ2v) is 7.28. The molecule has 3 N–H and O–H groups in total. The number of benzene rings is 2. The van der Waals surface area contributed by atoms with Crippen molar-refractivity contribution in [1.82, 2.24) is 0 Å². The number of carbonyl (C=O) groups is 2. The van der Waals surface area contributed by atoms with Gasteiger partial charge in [-0.05, 0) is 62.4 Å². The number of amides is 1.